The van der Waals surface area contributed by atoms with E-state index in [9.17, 15) is 5.11 Å². The minimum Gasteiger partial charge on any atom is -0.404 e. The normalized spacial score (nSPS) is 22.3. The first-order valence-electron chi connectivity index (χ1n) is 7.44. The molecule has 4 N–H and O–H groups in total. The summed E-state index contributed by atoms with van der Waals surface area (Å²) in [5, 5.41) is 12.9. The van der Waals surface area contributed by atoms with Crippen LogP contribution in [-0.2, 0) is 0 Å². The lowest BCUT2D eigenvalue weighted by molar-refractivity contribution is 0.155. The Labute approximate surface area is 139 Å². The Kier molecular flexibility index (Phi) is 4.85. The molecule has 6 nitrogen and oxygen atoms in total. The first-order valence-corrected chi connectivity index (χ1v) is 7.82. The number of nitrogens with one attached hydrogen (secondary N) is 1. The second-order valence-electron chi connectivity index (χ2n) is 5.47. The summed E-state index contributed by atoms with van der Waals surface area (Å²) >= 11 is 5.92. The second-order valence-corrected chi connectivity index (χ2v) is 5.86. The quantitative estimate of drug-likeness (QED) is 0.585. The van der Waals surface area contributed by atoms with E-state index < -0.39 is 6.23 Å². The molecule has 0 amide bonds. The maximum Gasteiger partial charge on any atom is 0.129 e. The number of nitrogens with two attached hydrogens (primary N) is 1. The van der Waals surface area contributed by atoms with E-state index >= 15 is 0 Å². The van der Waals surface area contributed by atoms with Gasteiger partial charge in [0.25, 0.3) is 0 Å². The third-order valence-corrected chi connectivity index (χ3v) is 4.00. The lowest BCUT2D eigenvalue weighted by atomic mass is 10.1. The number of pyridine rings is 2. The fraction of sp³-hybridized carbons (Fsp3) is 0.312. The summed E-state index contributed by atoms with van der Waals surface area (Å²) in [6, 6.07) is 5.62. The molecule has 1 aliphatic heterocycles. The van der Waals surface area contributed by atoms with Crippen LogP contribution in [0, 0.1) is 0 Å². The van der Waals surface area contributed by atoms with Crippen LogP contribution in [0.5, 0.6) is 0 Å². The molecule has 0 spiro atoms. The molecule has 120 valence electrons. The van der Waals surface area contributed by atoms with Gasteiger partial charge in [0.05, 0.1) is 17.6 Å². The summed E-state index contributed by atoms with van der Waals surface area (Å²) in [5.41, 5.74) is 8.79. The molecule has 1 unspecified atom stereocenters. The number of aliphatic imine (C=N–C) groups is 1. The van der Waals surface area contributed by atoms with Crippen molar-refractivity contribution in [2.45, 2.75) is 25.1 Å². The molecule has 3 heterocycles. The smallest absolute Gasteiger partial charge is 0.129 e. The number of halogens is 1. The molecule has 7 heteroatoms. The summed E-state index contributed by atoms with van der Waals surface area (Å²) in [4.78, 5) is 13.0. The first kappa shape index (κ1) is 15.9. The molecular weight excluding hydrogens is 314 g/mol. The van der Waals surface area contributed by atoms with Crippen molar-refractivity contribution in [2.24, 2.45) is 10.7 Å². The van der Waals surface area contributed by atoms with Crippen molar-refractivity contribution < 1.29 is 5.11 Å². The Bertz CT molecular complexity index is 761. The highest BCUT2D eigenvalue weighted by molar-refractivity contribution is 6.29. The van der Waals surface area contributed by atoms with Crippen LogP contribution in [-0.4, -0.2) is 40.1 Å². The molecule has 1 aliphatic rings. The van der Waals surface area contributed by atoms with Crippen LogP contribution in [0.15, 0.2) is 35.6 Å². The number of fused-ring (bicyclic) bond motifs is 1. The zero-order valence-electron chi connectivity index (χ0n) is 12.5. The average Bonchev–Trinajstić information content (AvgIpc) is 2.96. The van der Waals surface area contributed by atoms with E-state index in [1.807, 2.05) is 12.1 Å². The van der Waals surface area contributed by atoms with E-state index in [0.29, 0.717) is 17.2 Å². The Morgan fingerprint density at radius 3 is 3.04 bits per heavy atom. The van der Waals surface area contributed by atoms with Crippen LogP contribution in [0.25, 0.3) is 16.6 Å². The number of allylic oxidation sites excluding steroid dienone is 1. The number of aliphatic hydroxyl groups is 1. The molecule has 2 aromatic heterocycles. The van der Waals surface area contributed by atoms with Gasteiger partial charge in [-0.25, -0.2) is 4.98 Å². The lowest BCUT2D eigenvalue weighted by Gasteiger charge is -2.08. The monoisotopic (exact) mass is 331 g/mol. The van der Waals surface area contributed by atoms with Crippen molar-refractivity contribution in [3.8, 4) is 0 Å². The SMILES string of the molecule is NC=C(C=NC[C@@H]1CCC(O)N1)c1cnc2ccc(Cl)nc2c1. The van der Waals surface area contributed by atoms with E-state index in [0.717, 1.165) is 29.5 Å². The molecule has 3 rings (SSSR count). The van der Waals surface area contributed by atoms with Crippen molar-refractivity contribution in [3.63, 3.8) is 0 Å². The van der Waals surface area contributed by atoms with Gasteiger partial charge in [-0.3, -0.25) is 15.3 Å². The van der Waals surface area contributed by atoms with Crippen LogP contribution in [0.3, 0.4) is 0 Å². The molecule has 0 radical (unpaired) electrons. The molecule has 2 atom stereocenters. The standard InChI is InChI=1S/C16H18ClN5O/c17-15-3-2-13-14(22-15)5-10(8-20-13)11(6-18)7-19-9-12-1-4-16(23)21-12/h2-3,5-8,12,16,21,23H,1,4,9,18H2/t12-,16?/m0/s1. The lowest BCUT2D eigenvalue weighted by Crippen LogP contribution is -2.30. The van der Waals surface area contributed by atoms with Crippen LogP contribution in [0.4, 0.5) is 0 Å². The van der Waals surface area contributed by atoms with E-state index in [2.05, 4.69) is 20.3 Å². The number of nitrogens with zero attached hydrogens (tertiary/aromatic N) is 3. The van der Waals surface area contributed by atoms with Crippen molar-refractivity contribution in [1.82, 2.24) is 15.3 Å². The molecule has 0 bridgehead atoms. The Hall–Kier alpha value is -2.02. The molecule has 1 saturated heterocycles. The first-order chi connectivity index (χ1) is 11.2. The van der Waals surface area contributed by atoms with Gasteiger partial charge in [-0.05, 0) is 31.0 Å². The van der Waals surface area contributed by atoms with Gasteiger partial charge in [0.2, 0.25) is 0 Å². The topological polar surface area (TPSA) is 96.4 Å². The van der Waals surface area contributed by atoms with Crippen LogP contribution < -0.4 is 11.1 Å². The van der Waals surface area contributed by atoms with Gasteiger partial charge in [-0.15, -0.1) is 0 Å². The fourth-order valence-electron chi connectivity index (χ4n) is 2.57. The zero-order chi connectivity index (χ0) is 16.2. The van der Waals surface area contributed by atoms with Gasteiger partial charge in [-0.1, -0.05) is 11.6 Å². The Morgan fingerprint density at radius 2 is 2.30 bits per heavy atom. The van der Waals surface area contributed by atoms with Crippen molar-refractivity contribution in [1.29, 1.82) is 0 Å². The average molecular weight is 332 g/mol. The largest absolute Gasteiger partial charge is 0.404 e. The Balaban J connectivity index is 1.75. The van der Waals surface area contributed by atoms with Crippen LogP contribution >= 0.6 is 11.6 Å². The van der Waals surface area contributed by atoms with Crippen molar-refractivity contribution in [3.05, 3.63) is 41.3 Å². The predicted molar refractivity (Wildman–Crippen MR) is 92.2 cm³/mol. The summed E-state index contributed by atoms with van der Waals surface area (Å²) in [7, 11) is 0. The molecule has 0 aliphatic carbocycles. The number of rotatable bonds is 4. The third kappa shape index (κ3) is 3.85. The minimum atomic E-state index is -0.416. The molecule has 0 aromatic carbocycles. The number of hydrogen-bond donors (Lipinski definition) is 3. The van der Waals surface area contributed by atoms with Crippen molar-refractivity contribution >= 4 is 34.4 Å². The molecule has 2 aromatic rings. The maximum atomic E-state index is 9.43. The summed E-state index contributed by atoms with van der Waals surface area (Å²) < 4.78 is 0. The van der Waals surface area contributed by atoms with Gasteiger partial charge in [0.15, 0.2) is 0 Å². The third-order valence-electron chi connectivity index (χ3n) is 3.79. The highest BCUT2D eigenvalue weighted by Crippen LogP contribution is 2.18. The highest BCUT2D eigenvalue weighted by Gasteiger charge is 2.20. The van der Waals surface area contributed by atoms with E-state index in [-0.39, 0.29) is 6.04 Å². The van der Waals surface area contributed by atoms with Gasteiger partial charge >= 0.3 is 0 Å². The molecular formula is C16H18ClN5O. The van der Waals surface area contributed by atoms with Gasteiger partial charge < -0.3 is 10.8 Å². The predicted octanol–water partition coefficient (Wildman–Crippen LogP) is 1.72. The Morgan fingerprint density at radius 1 is 1.43 bits per heavy atom. The zero-order valence-corrected chi connectivity index (χ0v) is 13.2. The highest BCUT2D eigenvalue weighted by atomic mass is 35.5. The van der Waals surface area contributed by atoms with Crippen LogP contribution in [0.2, 0.25) is 5.15 Å². The maximum absolute atomic E-state index is 9.43. The summed E-state index contributed by atoms with van der Waals surface area (Å²) in [5.74, 6) is 0. The molecule has 1 fully saturated rings. The van der Waals surface area contributed by atoms with Crippen molar-refractivity contribution in [2.75, 3.05) is 6.54 Å². The van der Waals surface area contributed by atoms with Gasteiger partial charge in [0.1, 0.15) is 11.4 Å². The van der Waals surface area contributed by atoms with E-state index in [1.165, 1.54) is 6.20 Å². The number of hydrogen-bond acceptors (Lipinski definition) is 6. The summed E-state index contributed by atoms with van der Waals surface area (Å²) in [6.45, 7) is 0.597. The molecule has 0 saturated carbocycles. The van der Waals surface area contributed by atoms with E-state index in [4.69, 9.17) is 17.3 Å². The van der Waals surface area contributed by atoms with E-state index in [1.54, 1.807) is 18.5 Å². The number of aromatic nitrogens is 2. The second kappa shape index (κ2) is 7.04. The fourth-order valence-corrected chi connectivity index (χ4v) is 2.73. The summed E-state index contributed by atoms with van der Waals surface area (Å²) in [6.07, 6.45) is 6.22. The van der Waals surface area contributed by atoms with Gasteiger partial charge in [-0.2, -0.15) is 0 Å². The van der Waals surface area contributed by atoms with Crippen LogP contribution in [0.1, 0.15) is 18.4 Å². The molecule has 23 heavy (non-hydrogen) atoms. The minimum absolute atomic E-state index is 0.204. The van der Waals surface area contributed by atoms with Gasteiger partial charge in [0, 0.05) is 35.8 Å². The number of aliphatic hydroxyl groups excluding tert-OH is 1.